The van der Waals surface area contributed by atoms with Crippen molar-refractivity contribution in [2.45, 2.75) is 19.9 Å². The molecule has 0 amide bonds. The fraction of sp³-hybridized carbons (Fsp3) is 0.417. The lowest BCUT2D eigenvalue weighted by Crippen LogP contribution is -2.44. The standard InChI is InChI=1S/C24H31N5O2/c1-3-29-22-17-23(25-18-19(22)5-10-24(29)30)26-20-6-8-21(9-7-20)31-16-4-11-28-14-12-27(2)13-15-28/h5-10,17-18H,3-4,11-16H2,1-2H3,(H,25,26). The molecule has 31 heavy (non-hydrogen) atoms. The van der Waals surface area contributed by atoms with E-state index >= 15 is 0 Å². The van der Waals surface area contributed by atoms with Gasteiger partial charge in [-0.2, -0.15) is 0 Å². The van der Waals surface area contributed by atoms with Crippen molar-refractivity contribution in [2.24, 2.45) is 0 Å². The van der Waals surface area contributed by atoms with Crippen LogP contribution >= 0.6 is 0 Å². The fourth-order valence-corrected chi connectivity index (χ4v) is 3.91. The molecule has 7 heteroatoms. The summed E-state index contributed by atoms with van der Waals surface area (Å²) in [6.07, 6.45) is 2.82. The molecule has 4 rings (SSSR count). The predicted octanol–water partition coefficient (Wildman–Crippen LogP) is 3.18. The topological polar surface area (TPSA) is 62.6 Å². The van der Waals surface area contributed by atoms with E-state index in [0.717, 1.165) is 68.1 Å². The van der Waals surface area contributed by atoms with Gasteiger partial charge in [-0.05, 0) is 50.7 Å². The van der Waals surface area contributed by atoms with Crippen molar-refractivity contribution in [3.63, 3.8) is 0 Å². The van der Waals surface area contributed by atoms with Gasteiger partial charge in [0.1, 0.15) is 11.6 Å². The van der Waals surface area contributed by atoms with Crippen LogP contribution < -0.4 is 15.6 Å². The lowest BCUT2D eigenvalue weighted by Gasteiger charge is -2.32. The maximum Gasteiger partial charge on any atom is 0.251 e. The van der Waals surface area contributed by atoms with E-state index in [1.165, 1.54) is 0 Å². The highest BCUT2D eigenvalue weighted by atomic mass is 16.5. The van der Waals surface area contributed by atoms with E-state index < -0.39 is 0 Å². The van der Waals surface area contributed by atoms with Crippen LogP contribution in [0.4, 0.5) is 11.5 Å². The lowest BCUT2D eigenvalue weighted by atomic mass is 10.2. The molecular formula is C24H31N5O2. The molecule has 1 saturated heterocycles. The number of pyridine rings is 2. The molecule has 0 radical (unpaired) electrons. The van der Waals surface area contributed by atoms with Crippen molar-refractivity contribution in [2.75, 3.05) is 51.7 Å². The number of anilines is 2. The number of benzene rings is 1. The summed E-state index contributed by atoms with van der Waals surface area (Å²) in [5, 5.41) is 4.27. The molecular weight excluding hydrogens is 390 g/mol. The largest absolute Gasteiger partial charge is 0.494 e. The molecule has 0 aliphatic carbocycles. The molecule has 1 aliphatic rings. The molecule has 0 unspecified atom stereocenters. The first kappa shape index (κ1) is 21.3. The van der Waals surface area contributed by atoms with Gasteiger partial charge in [0, 0.05) is 68.7 Å². The minimum atomic E-state index is 0.00118. The molecule has 0 spiro atoms. The van der Waals surface area contributed by atoms with Crippen molar-refractivity contribution in [3.05, 3.63) is 59.0 Å². The van der Waals surface area contributed by atoms with Crippen LogP contribution in [0.5, 0.6) is 5.75 Å². The number of fused-ring (bicyclic) bond motifs is 1. The molecule has 3 heterocycles. The molecule has 1 fully saturated rings. The van der Waals surface area contributed by atoms with Gasteiger partial charge in [-0.1, -0.05) is 0 Å². The number of nitrogens with one attached hydrogen (secondary N) is 1. The number of piperazine rings is 1. The number of hydrogen-bond donors (Lipinski definition) is 1. The zero-order valence-electron chi connectivity index (χ0n) is 18.4. The van der Waals surface area contributed by atoms with Gasteiger partial charge >= 0.3 is 0 Å². The van der Waals surface area contributed by atoms with Crippen LogP contribution in [0.3, 0.4) is 0 Å². The number of aryl methyl sites for hydroxylation is 1. The Labute approximate surface area is 183 Å². The average Bonchev–Trinajstić information content (AvgIpc) is 2.79. The second-order valence-electron chi connectivity index (χ2n) is 8.04. The predicted molar refractivity (Wildman–Crippen MR) is 125 cm³/mol. The van der Waals surface area contributed by atoms with Gasteiger partial charge in [0.2, 0.25) is 0 Å². The third kappa shape index (κ3) is 5.42. The summed E-state index contributed by atoms with van der Waals surface area (Å²) in [6, 6.07) is 13.2. The zero-order valence-corrected chi connectivity index (χ0v) is 18.4. The summed E-state index contributed by atoms with van der Waals surface area (Å²) in [5.41, 5.74) is 1.81. The molecule has 0 bridgehead atoms. The van der Waals surface area contributed by atoms with Crippen LogP contribution in [0.15, 0.2) is 53.5 Å². The average molecular weight is 422 g/mol. The van der Waals surface area contributed by atoms with Gasteiger partial charge in [-0.3, -0.25) is 4.79 Å². The number of rotatable bonds is 8. The summed E-state index contributed by atoms with van der Waals surface area (Å²) in [5.74, 6) is 1.58. The Morgan fingerprint density at radius 3 is 2.58 bits per heavy atom. The van der Waals surface area contributed by atoms with Crippen molar-refractivity contribution in [3.8, 4) is 5.75 Å². The Kier molecular flexibility index (Phi) is 6.84. The summed E-state index contributed by atoms with van der Waals surface area (Å²) < 4.78 is 7.66. The smallest absolute Gasteiger partial charge is 0.251 e. The van der Waals surface area contributed by atoms with Crippen LogP contribution in [0.2, 0.25) is 0 Å². The van der Waals surface area contributed by atoms with E-state index in [2.05, 4.69) is 27.1 Å². The van der Waals surface area contributed by atoms with Gasteiger partial charge in [0.25, 0.3) is 5.56 Å². The van der Waals surface area contributed by atoms with Gasteiger partial charge in [0.05, 0.1) is 12.1 Å². The Hall–Kier alpha value is -2.90. The van der Waals surface area contributed by atoms with E-state index in [1.807, 2.05) is 43.3 Å². The maximum atomic E-state index is 12.1. The quantitative estimate of drug-likeness (QED) is 0.564. The van der Waals surface area contributed by atoms with Crippen molar-refractivity contribution >= 4 is 22.4 Å². The lowest BCUT2D eigenvalue weighted by molar-refractivity contribution is 0.145. The minimum Gasteiger partial charge on any atom is -0.494 e. The number of hydrogen-bond acceptors (Lipinski definition) is 6. The summed E-state index contributed by atoms with van der Waals surface area (Å²) >= 11 is 0. The molecule has 0 atom stereocenters. The molecule has 0 saturated carbocycles. The van der Waals surface area contributed by atoms with E-state index in [0.29, 0.717) is 12.4 Å². The Morgan fingerprint density at radius 2 is 1.84 bits per heavy atom. The van der Waals surface area contributed by atoms with Crippen molar-refractivity contribution in [1.29, 1.82) is 0 Å². The highest BCUT2D eigenvalue weighted by Gasteiger charge is 2.12. The second kappa shape index (κ2) is 9.94. The van der Waals surface area contributed by atoms with Gasteiger partial charge in [-0.15, -0.1) is 0 Å². The first-order valence-electron chi connectivity index (χ1n) is 11.0. The van der Waals surface area contributed by atoms with E-state index in [9.17, 15) is 4.79 Å². The van der Waals surface area contributed by atoms with Gasteiger partial charge in [0.15, 0.2) is 0 Å². The van der Waals surface area contributed by atoms with E-state index in [1.54, 1.807) is 16.8 Å². The third-order valence-electron chi connectivity index (χ3n) is 5.80. The zero-order chi connectivity index (χ0) is 21.6. The highest BCUT2D eigenvalue weighted by Crippen LogP contribution is 2.21. The molecule has 164 valence electrons. The van der Waals surface area contributed by atoms with Crippen LogP contribution in [0.1, 0.15) is 13.3 Å². The first-order chi connectivity index (χ1) is 15.1. The molecule has 2 aromatic heterocycles. The van der Waals surface area contributed by atoms with E-state index in [-0.39, 0.29) is 5.56 Å². The summed E-state index contributed by atoms with van der Waals surface area (Å²) in [7, 11) is 2.18. The summed E-state index contributed by atoms with van der Waals surface area (Å²) in [4.78, 5) is 21.4. The molecule has 3 aromatic rings. The Balaban J connectivity index is 1.31. The maximum absolute atomic E-state index is 12.1. The number of nitrogens with zero attached hydrogens (tertiary/aromatic N) is 4. The monoisotopic (exact) mass is 421 g/mol. The highest BCUT2D eigenvalue weighted by molar-refractivity contribution is 5.81. The SMILES string of the molecule is CCn1c(=O)ccc2cnc(Nc3ccc(OCCCN4CCN(C)CC4)cc3)cc21. The number of ether oxygens (including phenoxy) is 1. The van der Waals surface area contributed by atoms with Crippen molar-refractivity contribution < 1.29 is 4.74 Å². The van der Waals surface area contributed by atoms with Crippen molar-refractivity contribution in [1.82, 2.24) is 19.4 Å². The van der Waals surface area contributed by atoms with Gasteiger partial charge < -0.3 is 24.4 Å². The minimum absolute atomic E-state index is 0.00118. The molecule has 1 aliphatic heterocycles. The molecule has 1 N–H and O–H groups in total. The van der Waals surface area contributed by atoms with Crippen LogP contribution in [-0.2, 0) is 6.54 Å². The number of likely N-dealkylation sites (N-methyl/N-ethyl adjacent to an activating group) is 1. The second-order valence-corrected chi connectivity index (χ2v) is 8.04. The van der Waals surface area contributed by atoms with Crippen LogP contribution in [-0.4, -0.2) is 65.7 Å². The molecule has 1 aromatic carbocycles. The Morgan fingerprint density at radius 1 is 1.06 bits per heavy atom. The Bertz CT molecular complexity index is 1060. The van der Waals surface area contributed by atoms with Gasteiger partial charge in [-0.25, -0.2) is 4.98 Å². The molecule has 7 nitrogen and oxygen atoms in total. The third-order valence-corrected chi connectivity index (χ3v) is 5.80. The fourth-order valence-electron chi connectivity index (χ4n) is 3.91. The van der Waals surface area contributed by atoms with Crippen LogP contribution in [0.25, 0.3) is 10.9 Å². The summed E-state index contributed by atoms with van der Waals surface area (Å²) in [6.45, 7) is 9.00. The van der Waals surface area contributed by atoms with E-state index in [4.69, 9.17) is 4.74 Å². The van der Waals surface area contributed by atoms with Crippen LogP contribution in [0, 0.1) is 0 Å². The normalized spacial score (nSPS) is 15.3. The first-order valence-corrected chi connectivity index (χ1v) is 11.0. The number of aromatic nitrogens is 2.